The smallest absolute Gasteiger partial charge is 0.310 e. The van der Waals surface area contributed by atoms with Crippen molar-refractivity contribution in [2.75, 3.05) is 11.9 Å². The Bertz CT molecular complexity index is 1070. The fraction of sp³-hybridized carbons (Fsp3) is 0.200. The summed E-state index contributed by atoms with van der Waals surface area (Å²) < 4.78 is 10.5. The van der Waals surface area contributed by atoms with Gasteiger partial charge in [0, 0.05) is 28.8 Å². The van der Waals surface area contributed by atoms with Gasteiger partial charge in [0.25, 0.3) is 11.6 Å². The lowest BCUT2D eigenvalue weighted by molar-refractivity contribution is -0.384. The first-order chi connectivity index (χ1) is 13.3. The molecule has 1 heterocycles. The molecule has 0 bridgehead atoms. The Morgan fingerprint density at radius 2 is 1.93 bits per heavy atom. The van der Waals surface area contributed by atoms with Crippen LogP contribution in [0.15, 0.2) is 47.1 Å². The van der Waals surface area contributed by atoms with E-state index in [9.17, 15) is 19.7 Å². The number of esters is 1. The van der Waals surface area contributed by atoms with E-state index in [1.807, 2.05) is 26.0 Å². The largest absolute Gasteiger partial charge is 0.464 e. The van der Waals surface area contributed by atoms with Crippen LogP contribution in [0.4, 0.5) is 11.4 Å². The molecule has 8 heteroatoms. The minimum atomic E-state index is -0.586. The van der Waals surface area contributed by atoms with Gasteiger partial charge in [0.1, 0.15) is 5.58 Å². The summed E-state index contributed by atoms with van der Waals surface area (Å²) in [6.07, 6.45) is 1.48. The number of fused-ring (bicyclic) bond motifs is 1. The highest BCUT2D eigenvalue weighted by Crippen LogP contribution is 2.25. The predicted octanol–water partition coefficient (Wildman–Crippen LogP) is 3.68. The highest BCUT2D eigenvalue weighted by Gasteiger charge is 2.14. The van der Waals surface area contributed by atoms with Gasteiger partial charge in [0.2, 0.25) is 0 Å². The summed E-state index contributed by atoms with van der Waals surface area (Å²) >= 11 is 0. The van der Waals surface area contributed by atoms with E-state index in [4.69, 9.17) is 9.15 Å². The Morgan fingerprint density at radius 1 is 1.18 bits per heavy atom. The van der Waals surface area contributed by atoms with E-state index >= 15 is 0 Å². The topological polar surface area (TPSA) is 112 Å². The lowest BCUT2D eigenvalue weighted by Gasteiger charge is -2.06. The third-order valence-corrected chi connectivity index (χ3v) is 4.31. The average molecular weight is 382 g/mol. The molecule has 8 nitrogen and oxygen atoms in total. The zero-order valence-electron chi connectivity index (χ0n) is 15.4. The molecule has 0 aliphatic heterocycles. The van der Waals surface area contributed by atoms with Crippen molar-refractivity contribution in [3.63, 3.8) is 0 Å². The van der Waals surface area contributed by atoms with Crippen molar-refractivity contribution in [1.82, 2.24) is 0 Å². The summed E-state index contributed by atoms with van der Waals surface area (Å²) in [7, 11) is 0. The van der Waals surface area contributed by atoms with Crippen molar-refractivity contribution >= 4 is 34.2 Å². The number of rotatable bonds is 6. The highest BCUT2D eigenvalue weighted by molar-refractivity contribution is 5.93. The van der Waals surface area contributed by atoms with Crippen LogP contribution >= 0.6 is 0 Å². The first-order valence-corrected chi connectivity index (χ1v) is 8.51. The Labute approximate surface area is 160 Å². The van der Waals surface area contributed by atoms with Gasteiger partial charge in [-0.05, 0) is 43.2 Å². The fourth-order valence-electron chi connectivity index (χ4n) is 2.72. The molecule has 0 aliphatic rings. The van der Waals surface area contributed by atoms with E-state index in [0.29, 0.717) is 11.1 Å². The first-order valence-electron chi connectivity index (χ1n) is 8.51. The number of aryl methyl sites for hydroxylation is 2. The van der Waals surface area contributed by atoms with Crippen LogP contribution in [0.1, 0.15) is 16.7 Å². The van der Waals surface area contributed by atoms with E-state index in [0.717, 1.165) is 16.5 Å². The summed E-state index contributed by atoms with van der Waals surface area (Å²) in [6.45, 7) is 3.46. The second kappa shape index (κ2) is 7.91. The van der Waals surface area contributed by atoms with Crippen molar-refractivity contribution in [2.24, 2.45) is 0 Å². The van der Waals surface area contributed by atoms with Crippen LogP contribution in [0.25, 0.3) is 11.0 Å². The third kappa shape index (κ3) is 4.35. The van der Waals surface area contributed by atoms with Crippen molar-refractivity contribution in [2.45, 2.75) is 20.3 Å². The molecule has 1 amide bonds. The summed E-state index contributed by atoms with van der Waals surface area (Å²) in [5.41, 5.74) is 3.65. The maximum Gasteiger partial charge on any atom is 0.310 e. The van der Waals surface area contributed by atoms with Crippen LogP contribution in [-0.2, 0) is 20.7 Å². The number of carbonyl (C=O) groups excluding carboxylic acids is 2. The molecule has 0 atom stereocenters. The van der Waals surface area contributed by atoms with Gasteiger partial charge in [0.05, 0.1) is 17.6 Å². The number of non-ortho nitro benzene ring substituents is 1. The lowest BCUT2D eigenvalue weighted by atomic mass is 10.0. The number of benzene rings is 2. The van der Waals surface area contributed by atoms with E-state index < -0.39 is 23.4 Å². The molecule has 2 aromatic carbocycles. The number of hydrogen-bond donors (Lipinski definition) is 1. The van der Waals surface area contributed by atoms with Gasteiger partial charge in [-0.2, -0.15) is 0 Å². The summed E-state index contributed by atoms with van der Waals surface area (Å²) in [5, 5.41) is 14.0. The molecule has 0 saturated carbocycles. The molecule has 28 heavy (non-hydrogen) atoms. The Balaban J connectivity index is 1.57. The Hall–Kier alpha value is -3.68. The van der Waals surface area contributed by atoms with Gasteiger partial charge in [-0.15, -0.1) is 0 Å². The summed E-state index contributed by atoms with van der Waals surface area (Å²) in [5.74, 6) is -1.16. The number of carbonyl (C=O) groups is 2. The van der Waals surface area contributed by atoms with E-state index in [1.165, 1.54) is 30.5 Å². The van der Waals surface area contributed by atoms with Crippen LogP contribution in [0, 0.1) is 24.0 Å². The number of nitro benzene ring substituents is 1. The van der Waals surface area contributed by atoms with Crippen LogP contribution in [0.3, 0.4) is 0 Å². The third-order valence-electron chi connectivity index (χ3n) is 4.31. The van der Waals surface area contributed by atoms with Gasteiger partial charge >= 0.3 is 5.97 Å². The molecule has 0 saturated heterocycles. The van der Waals surface area contributed by atoms with Crippen LogP contribution in [0.2, 0.25) is 0 Å². The number of nitrogens with one attached hydrogen (secondary N) is 1. The monoisotopic (exact) mass is 382 g/mol. The lowest BCUT2D eigenvalue weighted by Crippen LogP contribution is -2.21. The second-order valence-electron chi connectivity index (χ2n) is 6.39. The number of hydrogen-bond acceptors (Lipinski definition) is 6. The molecule has 0 spiro atoms. The van der Waals surface area contributed by atoms with Crippen LogP contribution in [0.5, 0.6) is 0 Å². The van der Waals surface area contributed by atoms with Crippen molar-refractivity contribution in [1.29, 1.82) is 0 Å². The van der Waals surface area contributed by atoms with Gasteiger partial charge in [0.15, 0.2) is 6.61 Å². The molecular weight excluding hydrogens is 364 g/mol. The second-order valence-corrected chi connectivity index (χ2v) is 6.39. The zero-order valence-corrected chi connectivity index (χ0v) is 15.4. The molecule has 0 fully saturated rings. The molecule has 144 valence electrons. The summed E-state index contributed by atoms with van der Waals surface area (Å²) in [6, 6.07) is 9.36. The van der Waals surface area contributed by atoms with Crippen molar-refractivity contribution in [3.05, 3.63) is 69.5 Å². The standard InChI is InChI=1S/C20H18N2O6/c1-12-6-17-14(10-27-18(17)7-13(12)2)8-20(24)28-11-19(23)21-15-4-3-5-16(9-15)22(25)26/h3-7,9-10H,8,11H2,1-2H3,(H,21,23). The fourth-order valence-corrected chi connectivity index (χ4v) is 2.72. The van der Waals surface area contributed by atoms with E-state index in [1.54, 1.807) is 0 Å². The number of nitro groups is 1. The highest BCUT2D eigenvalue weighted by atomic mass is 16.6. The average Bonchev–Trinajstić information content (AvgIpc) is 3.02. The van der Waals surface area contributed by atoms with E-state index in [-0.39, 0.29) is 17.8 Å². The van der Waals surface area contributed by atoms with Gasteiger partial charge in [-0.25, -0.2) is 0 Å². The zero-order chi connectivity index (χ0) is 20.3. The van der Waals surface area contributed by atoms with Gasteiger partial charge in [-0.1, -0.05) is 6.07 Å². The normalized spacial score (nSPS) is 10.6. The maximum absolute atomic E-state index is 12.1. The molecule has 1 N–H and O–H groups in total. The minimum absolute atomic E-state index is 0.0282. The number of amides is 1. The molecule has 0 unspecified atom stereocenters. The minimum Gasteiger partial charge on any atom is -0.464 e. The first kappa shape index (κ1) is 19.1. The predicted molar refractivity (Wildman–Crippen MR) is 102 cm³/mol. The quantitative estimate of drug-likeness (QED) is 0.395. The molecule has 0 aliphatic carbocycles. The Kier molecular flexibility index (Phi) is 5.39. The molecular formula is C20H18N2O6. The number of nitrogens with zero attached hydrogens (tertiary/aromatic N) is 1. The van der Waals surface area contributed by atoms with E-state index in [2.05, 4.69) is 5.32 Å². The molecule has 0 radical (unpaired) electrons. The van der Waals surface area contributed by atoms with Crippen LogP contribution < -0.4 is 5.32 Å². The number of anilines is 1. The van der Waals surface area contributed by atoms with Crippen molar-refractivity contribution in [3.8, 4) is 0 Å². The number of furan rings is 1. The maximum atomic E-state index is 12.1. The Morgan fingerprint density at radius 3 is 2.68 bits per heavy atom. The molecule has 1 aromatic heterocycles. The summed E-state index contributed by atoms with van der Waals surface area (Å²) in [4.78, 5) is 34.2. The van der Waals surface area contributed by atoms with Gasteiger partial charge in [-0.3, -0.25) is 19.7 Å². The van der Waals surface area contributed by atoms with Crippen LogP contribution in [-0.4, -0.2) is 23.4 Å². The molecule has 3 rings (SSSR count). The SMILES string of the molecule is Cc1cc2occ(CC(=O)OCC(=O)Nc3cccc([N+](=O)[O-])c3)c2cc1C. The molecule has 3 aromatic rings. The number of ether oxygens (including phenoxy) is 1. The van der Waals surface area contributed by atoms with Gasteiger partial charge < -0.3 is 14.5 Å². The van der Waals surface area contributed by atoms with Crippen molar-refractivity contribution < 1.29 is 23.7 Å².